The topological polar surface area (TPSA) is 72.2 Å². The summed E-state index contributed by atoms with van der Waals surface area (Å²) in [6.07, 6.45) is 0. The molecule has 4 rings (SSSR count). The van der Waals surface area contributed by atoms with Gasteiger partial charge in [-0.15, -0.1) is 5.10 Å². The SMILES string of the molecule is CNC(=O)c1cc2c(-c3ccc(Cl)cc3)n(-c3ccc(Cl)cc3Cl)nc2n(CCN(C)C)c1=O. The summed E-state index contributed by atoms with van der Waals surface area (Å²) in [4.78, 5) is 27.9. The monoisotopic (exact) mass is 517 g/mol. The number of hydrogen-bond acceptors (Lipinski definition) is 4. The zero-order valence-corrected chi connectivity index (χ0v) is 21.0. The standard InChI is InChI=1S/C24H22Cl3N5O2/c1-28-23(33)18-13-17-21(14-4-6-15(25)7-5-14)32(20-9-8-16(26)12-19(20)27)29-22(17)31(24(18)34)11-10-30(2)3/h4-9,12-13H,10-11H2,1-3H3,(H,28,33). The second-order valence-electron chi connectivity index (χ2n) is 8.00. The average Bonchev–Trinajstić information content (AvgIpc) is 3.16. The van der Waals surface area contributed by atoms with E-state index in [-0.39, 0.29) is 5.56 Å². The Morgan fingerprint density at radius 1 is 1.03 bits per heavy atom. The Kier molecular flexibility index (Phi) is 7.00. The predicted octanol–water partition coefficient (Wildman–Crippen LogP) is 4.74. The van der Waals surface area contributed by atoms with Gasteiger partial charge in [-0.25, -0.2) is 4.68 Å². The molecule has 2 aromatic carbocycles. The van der Waals surface area contributed by atoms with E-state index < -0.39 is 11.5 Å². The van der Waals surface area contributed by atoms with Crippen molar-refractivity contribution in [3.05, 3.63) is 79.5 Å². The number of nitrogens with one attached hydrogen (secondary N) is 1. The second kappa shape index (κ2) is 9.80. The Balaban J connectivity index is 2.13. The highest BCUT2D eigenvalue weighted by Crippen LogP contribution is 2.34. The molecule has 0 saturated heterocycles. The normalized spacial score (nSPS) is 11.4. The Hall–Kier alpha value is -2.84. The fourth-order valence-electron chi connectivity index (χ4n) is 3.72. The maximum absolute atomic E-state index is 13.3. The molecule has 0 bridgehead atoms. The third kappa shape index (κ3) is 4.57. The fraction of sp³-hybridized carbons (Fsp3) is 0.208. The van der Waals surface area contributed by atoms with Gasteiger partial charge in [0.1, 0.15) is 5.56 Å². The molecule has 0 unspecified atom stereocenters. The number of benzene rings is 2. The van der Waals surface area contributed by atoms with E-state index in [1.165, 1.54) is 11.6 Å². The van der Waals surface area contributed by atoms with Crippen LogP contribution in [0.1, 0.15) is 10.4 Å². The minimum atomic E-state index is -0.468. The summed E-state index contributed by atoms with van der Waals surface area (Å²) in [5.41, 5.74) is 2.10. The number of amides is 1. The summed E-state index contributed by atoms with van der Waals surface area (Å²) < 4.78 is 3.20. The number of pyridine rings is 1. The van der Waals surface area contributed by atoms with E-state index in [1.807, 2.05) is 31.1 Å². The number of rotatable bonds is 6. The van der Waals surface area contributed by atoms with E-state index in [0.29, 0.717) is 50.6 Å². The highest BCUT2D eigenvalue weighted by Gasteiger charge is 2.23. The fourth-order valence-corrected chi connectivity index (χ4v) is 4.33. The Labute approximate surface area is 211 Å². The molecule has 0 aliphatic heterocycles. The van der Waals surface area contributed by atoms with Crippen LogP contribution in [0, 0.1) is 0 Å². The maximum atomic E-state index is 13.3. The van der Waals surface area contributed by atoms with Gasteiger partial charge in [0.15, 0.2) is 5.65 Å². The molecule has 1 N–H and O–H groups in total. The molecule has 0 saturated carbocycles. The summed E-state index contributed by atoms with van der Waals surface area (Å²) in [7, 11) is 5.32. The number of hydrogen-bond donors (Lipinski definition) is 1. The Bertz CT molecular complexity index is 1440. The first-order valence-corrected chi connectivity index (χ1v) is 11.6. The number of carbonyl (C=O) groups excluding carboxylic acids is 1. The molecule has 0 aliphatic carbocycles. The van der Waals surface area contributed by atoms with Crippen molar-refractivity contribution in [2.75, 3.05) is 27.7 Å². The summed E-state index contributed by atoms with van der Waals surface area (Å²) >= 11 is 18.8. The first-order valence-electron chi connectivity index (χ1n) is 10.5. The van der Waals surface area contributed by atoms with E-state index >= 15 is 0 Å². The minimum Gasteiger partial charge on any atom is -0.355 e. The largest absolute Gasteiger partial charge is 0.355 e. The molecule has 1 amide bonds. The molecular weight excluding hydrogens is 497 g/mol. The molecule has 0 atom stereocenters. The van der Waals surface area contributed by atoms with Crippen LogP contribution in [-0.4, -0.2) is 52.8 Å². The van der Waals surface area contributed by atoms with E-state index in [2.05, 4.69) is 5.32 Å². The molecule has 4 aromatic rings. The van der Waals surface area contributed by atoms with Gasteiger partial charge in [0.05, 0.1) is 16.4 Å². The lowest BCUT2D eigenvalue weighted by atomic mass is 10.1. The highest BCUT2D eigenvalue weighted by atomic mass is 35.5. The number of fused-ring (bicyclic) bond motifs is 1. The molecule has 0 fully saturated rings. The van der Waals surface area contributed by atoms with Crippen LogP contribution in [0.5, 0.6) is 0 Å². The van der Waals surface area contributed by atoms with Gasteiger partial charge in [0.25, 0.3) is 11.5 Å². The van der Waals surface area contributed by atoms with Crippen LogP contribution in [0.4, 0.5) is 0 Å². The molecule has 0 aliphatic rings. The first-order chi connectivity index (χ1) is 16.2. The summed E-state index contributed by atoms with van der Waals surface area (Å²) in [6, 6.07) is 13.9. The van der Waals surface area contributed by atoms with Crippen molar-refractivity contribution in [1.82, 2.24) is 24.6 Å². The highest BCUT2D eigenvalue weighted by molar-refractivity contribution is 6.35. The molecular formula is C24H22Cl3N5O2. The van der Waals surface area contributed by atoms with Crippen LogP contribution in [0.2, 0.25) is 15.1 Å². The third-order valence-electron chi connectivity index (χ3n) is 5.42. The summed E-state index contributed by atoms with van der Waals surface area (Å²) in [5, 5.41) is 9.46. The number of likely N-dealkylation sites (N-methyl/N-ethyl adjacent to an activating group) is 1. The van der Waals surface area contributed by atoms with Crippen molar-refractivity contribution in [2.24, 2.45) is 0 Å². The van der Waals surface area contributed by atoms with E-state index in [9.17, 15) is 9.59 Å². The molecule has 0 spiro atoms. The predicted molar refractivity (Wildman–Crippen MR) is 138 cm³/mol. The van der Waals surface area contributed by atoms with Crippen molar-refractivity contribution in [3.63, 3.8) is 0 Å². The van der Waals surface area contributed by atoms with Crippen LogP contribution in [-0.2, 0) is 6.54 Å². The van der Waals surface area contributed by atoms with Crippen molar-refractivity contribution >= 4 is 51.7 Å². The lowest BCUT2D eigenvalue weighted by molar-refractivity contribution is 0.0961. The summed E-state index contributed by atoms with van der Waals surface area (Å²) in [5.74, 6) is -0.468. The molecule has 176 valence electrons. The quantitative estimate of drug-likeness (QED) is 0.400. The van der Waals surface area contributed by atoms with Crippen molar-refractivity contribution in [2.45, 2.75) is 6.54 Å². The van der Waals surface area contributed by atoms with Gasteiger partial charge >= 0.3 is 0 Å². The molecule has 0 radical (unpaired) electrons. The second-order valence-corrected chi connectivity index (χ2v) is 9.28. The molecule has 7 nitrogen and oxygen atoms in total. The first kappa shape index (κ1) is 24.3. The number of aromatic nitrogens is 3. The Morgan fingerprint density at radius 3 is 2.32 bits per heavy atom. The number of halogens is 3. The van der Waals surface area contributed by atoms with Gasteiger partial charge in [-0.3, -0.25) is 14.2 Å². The lowest BCUT2D eigenvalue weighted by Crippen LogP contribution is -2.33. The van der Waals surface area contributed by atoms with E-state index in [4.69, 9.17) is 39.9 Å². The van der Waals surface area contributed by atoms with Crippen LogP contribution in [0.25, 0.3) is 28.0 Å². The van der Waals surface area contributed by atoms with Gasteiger partial charge in [-0.05, 0) is 50.5 Å². The van der Waals surface area contributed by atoms with Crippen molar-refractivity contribution < 1.29 is 4.79 Å². The third-order valence-corrected chi connectivity index (χ3v) is 6.21. The van der Waals surface area contributed by atoms with Gasteiger partial charge in [0, 0.05) is 41.1 Å². The molecule has 10 heteroatoms. The van der Waals surface area contributed by atoms with Gasteiger partial charge in [0.2, 0.25) is 0 Å². The van der Waals surface area contributed by atoms with Gasteiger partial charge < -0.3 is 10.2 Å². The van der Waals surface area contributed by atoms with E-state index in [0.717, 1.165) is 5.56 Å². The maximum Gasteiger partial charge on any atom is 0.265 e. The zero-order chi connectivity index (χ0) is 24.6. The van der Waals surface area contributed by atoms with Gasteiger partial charge in [-0.2, -0.15) is 0 Å². The van der Waals surface area contributed by atoms with Crippen molar-refractivity contribution in [3.8, 4) is 16.9 Å². The zero-order valence-electron chi connectivity index (χ0n) is 18.8. The average molecular weight is 519 g/mol. The van der Waals surface area contributed by atoms with Gasteiger partial charge in [-0.1, -0.05) is 46.9 Å². The van der Waals surface area contributed by atoms with Crippen LogP contribution in [0.3, 0.4) is 0 Å². The van der Waals surface area contributed by atoms with E-state index in [1.54, 1.807) is 41.1 Å². The number of carbonyl (C=O) groups is 1. The minimum absolute atomic E-state index is 0.0331. The van der Waals surface area contributed by atoms with Crippen molar-refractivity contribution in [1.29, 1.82) is 0 Å². The molecule has 2 aromatic heterocycles. The number of nitrogens with zero attached hydrogens (tertiary/aromatic N) is 4. The smallest absolute Gasteiger partial charge is 0.265 e. The summed E-state index contributed by atoms with van der Waals surface area (Å²) in [6.45, 7) is 0.926. The molecule has 2 heterocycles. The van der Waals surface area contributed by atoms with Crippen LogP contribution < -0.4 is 10.9 Å². The van der Waals surface area contributed by atoms with Crippen LogP contribution in [0.15, 0.2) is 53.3 Å². The molecule has 34 heavy (non-hydrogen) atoms. The lowest BCUT2D eigenvalue weighted by Gasteiger charge is -2.13. The van der Waals surface area contributed by atoms with Crippen LogP contribution >= 0.6 is 34.8 Å². The Morgan fingerprint density at radius 2 is 1.71 bits per heavy atom.